The minimum atomic E-state index is 0.392. The number of aryl methyl sites for hydroxylation is 1. The number of rotatable bonds is 15. The molecule has 2 aromatic heterocycles. The van der Waals surface area contributed by atoms with Crippen LogP contribution < -0.4 is 10.1 Å². The molecule has 3 aromatic rings. The molecule has 1 aliphatic heterocycles. The number of furan rings is 1. The number of hydrogen-bond acceptors (Lipinski definition) is 7. The van der Waals surface area contributed by atoms with Crippen LogP contribution in [0.15, 0.2) is 72.3 Å². The first kappa shape index (κ1) is 25.7. The van der Waals surface area contributed by atoms with Crippen molar-refractivity contribution < 1.29 is 13.9 Å². The van der Waals surface area contributed by atoms with Gasteiger partial charge in [-0.15, -0.1) is 13.2 Å². The van der Waals surface area contributed by atoms with E-state index in [1.165, 1.54) is 31.5 Å². The van der Waals surface area contributed by atoms with Crippen LogP contribution in [-0.2, 0) is 17.8 Å². The molecule has 190 valence electrons. The summed E-state index contributed by atoms with van der Waals surface area (Å²) in [6.07, 6.45) is 10.9. The maximum absolute atomic E-state index is 6.19. The molecule has 7 heteroatoms. The van der Waals surface area contributed by atoms with E-state index in [4.69, 9.17) is 13.9 Å². The van der Waals surface area contributed by atoms with Crippen LogP contribution in [0.4, 0.5) is 11.6 Å². The van der Waals surface area contributed by atoms with E-state index in [2.05, 4.69) is 39.4 Å². The average molecular weight is 489 g/mol. The van der Waals surface area contributed by atoms with Crippen molar-refractivity contribution in [2.75, 3.05) is 38.2 Å². The van der Waals surface area contributed by atoms with Crippen LogP contribution in [0.5, 0.6) is 5.75 Å². The second kappa shape index (κ2) is 13.6. The zero-order valence-corrected chi connectivity index (χ0v) is 21.0. The van der Waals surface area contributed by atoms with Gasteiger partial charge in [-0.2, -0.15) is 0 Å². The molecule has 36 heavy (non-hydrogen) atoms. The van der Waals surface area contributed by atoms with E-state index in [0.717, 1.165) is 43.0 Å². The lowest BCUT2D eigenvalue weighted by Crippen LogP contribution is -2.25. The molecule has 7 nitrogen and oxygen atoms in total. The molecule has 1 N–H and O–H groups in total. The number of unbranched alkanes of at least 4 members (excludes halogenated alkanes) is 1. The lowest BCUT2D eigenvalue weighted by molar-refractivity contribution is 0.132. The van der Waals surface area contributed by atoms with Crippen molar-refractivity contribution in [1.82, 2.24) is 14.9 Å². The van der Waals surface area contributed by atoms with Crippen molar-refractivity contribution in [3.63, 3.8) is 0 Å². The van der Waals surface area contributed by atoms with Gasteiger partial charge in [-0.25, -0.2) is 9.97 Å². The van der Waals surface area contributed by atoms with Gasteiger partial charge in [0.05, 0.1) is 6.61 Å². The van der Waals surface area contributed by atoms with Crippen molar-refractivity contribution in [2.24, 2.45) is 0 Å². The van der Waals surface area contributed by atoms with Gasteiger partial charge in [0.1, 0.15) is 30.4 Å². The van der Waals surface area contributed by atoms with E-state index in [0.29, 0.717) is 37.2 Å². The minimum absolute atomic E-state index is 0.392. The molecule has 0 spiro atoms. The molecule has 1 fully saturated rings. The Balaban J connectivity index is 1.42. The van der Waals surface area contributed by atoms with Crippen LogP contribution in [0, 0.1) is 0 Å². The van der Waals surface area contributed by atoms with Gasteiger partial charge in [-0.1, -0.05) is 12.2 Å². The van der Waals surface area contributed by atoms with Gasteiger partial charge in [0.2, 0.25) is 5.95 Å². The van der Waals surface area contributed by atoms with Crippen LogP contribution in [-0.4, -0.2) is 47.7 Å². The van der Waals surface area contributed by atoms with E-state index in [-0.39, 0.29) is 0 Å². The summed E-state index contributed by atoms with van der Waals surface area (Å²) in [7, 11) is 0. The average Bonchev–Trinajstić information content (AvgIpc) is 3.58. The van der Waals surface area contributed by atoms with Crippen LogP contribution in [0.3, 0.4) is 0 Å². The van der Waals surface area contributed by atoms with E-state index < -0.39 is 0 Å². The number of aromatic nitrogens is 2. The van der Waals surface area contributed by atoms with E-state index >= 15 is 0 Å². The number of nitrogens with zero attached hydrogens (tertiary/aromatic N) is 3. The Labute approximate surface area is 213 Å². The summed E-state index contributed by atoms with van der Waals surface area (Å²) in [5.74, 6) is 2.86. The Kier molecular flexibility index (Phi) is 9.70. The van der Waals surface area contributed by atoms with Crippen molar-refractivity contribution >= 4 is 11.6 Å². The zero-order valence-electron chi connectivity index (χ0n) is 21.0. The first-order chi connectivity index (χ1) is 17.7. The number of nitrogens with one attached hydrogen (secondary N) is 1. The number of ether oxygens (including phenoxy) is 2. The summed E-state index contributed by atoms with van der Waals surface area (Å²) in [5, 5.41) is 3.34. The van der Waals surface area contributed by atoms with E-state index in [1.807, 2.05) is 36.4 Å². The molecule has 3 heterocycles. The Morgan fingerprint density at radius 2 is 1.97 bits per heavy atom. The smallest absolute Gasteiger partial charge is 0.227 e. The van der Waals surface area contributed by atoms with Gasteiger partial charge >= 0.3 is 0 Å². The maximum atomic E-state index is 6.19. The van der Waals surface area contributed by atoms with Gasteiger partial charge in [-0.05, 0) is 87.2 Å². The third kappa shape index (κ3) is 7.54. The highest BCUT2D eigenvalue weighted by molar-refractivity contribution is 5.60. The molecular weight excluding hydrogens is 452 g/mol. The Bertz CT molecular complexity index is 1120. The Morgan fingerprint density at radius 1 is 1.08 bits per heavy atom. The van der Waals surface area contributed by atoms with Crippen molar-refractivity contribution in [2.45, 2.75) is 38.7 Å². The lowest BCUT2D eigenvalue weighted by Gasteiger charge is -2.17. The SMILES string of the molecule is C=CCCCc1cc(Nc2nccc(-c3ccc(COCC=C)o3)n2)ccc1OCCN1CCCC1. The summed E-state index contributed by atoms with van der Waals surface area (Å²) in [6, 6.07) is 11.8. The summed E-state index contributed by atoms with van der Waals surface area (Å²) in [5.41, 5.74) is 2.80. The van der Waals surface area contributed by atoms with Crippen molar-refractivity contribution in [3.8, 4) is 17.2 Å². The van der Waals surface area contributed by atoms with E-state index in [9.17, 15) is 0 Å². The zero-order chi connectivity index (χ0) is 25.0. The summed E-state index contributed by atoms with van der Waals surface area (Å²) in [6.45, 7) is 12.4. The standard InChI is InChI=1S/C29H36N4O3/c1-3-5-6-9-23-21-24(10-12-27(23)35-20-18-33-16-7-8-17-33)31-29-30-15-14-26(32-29)28-13-11-25(36-28)22-34-19-4-2/h3-4,10-15,21H,1-2,5-9,16-20,22H2,(H,30,31,32). The van der Waals surface area contributed by atoms with Crippen LogP contribution >= 0.6 is 0 Å². The normalized spacial score (nSPS) is 13.6. The fourth-order valence-corrected chi connectivity index (χ4v) is 4.24. The number of allylic oxidation sites excluding steroid dienone is 1. The monoisotopic (exact) mass is 488 g/mol. The van der Waals surface area contributed by atoms with Gasteiger partial charge in [0.15, 0.2) is 5.76 Å². The fourth-order valence-electron chi connectivity index (χ4n) is 4.24. The summed E-state index contributed by atoms with van der Waals surface area (Å²) < 4.78 is 17.5. The summed E-state index contributed by atoms with van der Waals surface area (Å²) >= 11 is 0. The van der Waals surface area contributed by atoms with Gasteiger partial charge < -0.3 is 19.2 Å². The quantitative estimate of drug-likeness (QED) is 0.203. The molecule has 0 bridgehead atoms. The predicted octanol–water partition coefficient (Wildman–Crippen LogP) is 6.17. The molecule has 1 aromatic carbocycles. The number of likely N-dealkylation sites (tertiary alicyclic amines) is 1. The highest BCUT2D eigenvalue weighted by Gasteiger charge is 2.13. The molecule has 0 atom stereocenters. The van der Waals surface area contributed by atoms with Crippen molar-refractivity contribution in [3.05, 3.63) is 79.2 Å². The Hall–Kier alpha value is -3.42. The van der Waals surface area contributed by atoms with Crippen LogP contribution in [0.2, 0.25) is 0 Å². The van der Waals surface area contributed by atoms with Crippen molar-refractivity contribution in [1.29, 1.82) is 0 Å². The van der Waals surface area contributed by atoms with Gasteiger partial charge in [0, 0.05) is 18.4 Å². The second-order valence-corrected chi connectivity index (χ2v) is 8.86. The second-order valence-electron chi connectivity index (χ2n) is 8.86. The van der Waals surface area contributed by atoms with E-state index in [1.54, 1.807) is 12.3 Å². The third-order valence-corrected chi connectivity index (χ3v) is 6.08. The Morgan fingerprint density at radius 3 is 2.81 bits per heavy atom. The molecule has 0 unspecified atom stereocenters. The topological polar surface area (TPSA) is 72.7 Å². The molecule has 0 aliphatic carbocycles. The molecule has 1 aliphatic rings. The largest absolute Gasteiger partial charge is 0.492 e. The fraction of sp³-hybridized carbons (Fsp3) is 0.379. The summed E-state index contributed by atoms with van der Waals surface area (Å²) in [4.78, 5) is 11.5. The molecule has 4 rings (SSSR count). The van der Waals surface area contributed by atoms with Gasteiger partial charge in [0.25, 0.3) is 0 Å². The molecule has 1 saturated heterocycles. The predicted molar refractivity (Wildman–Crippen MR) is 144 cm³/mol. The van der Waals surface area contributed by atoms with Gasteiger partial charge in [-0.3, -0.25) is 4.90 Å². The van der Waals surface area contributed by atoms with Crippen LogP contribution in [0.25, 0.3) is 11.5 Å². The lowest BCUT2D eigenvalue weighted by atomic mass is 10.1. The molecular formula is C29H36N4O3. The maximum Gasteiger partial charge on any atom is 0.227 e. The molecule has 0 radical (unpaired) electrons. The third-order valence-electron chi connectivity index (χ3n) is 6.08. The number of anilines is 2. The highest BCUT2D eigenvalue weighted by Crippen LogP contribution is 2.27. The minimum Gasteiger partial charge on any atom is -0.492 e. The first-order valence-electron chi connectivity index (χ1n) is 12.7. The highest BCUT2D eigenvalue weighted by atomic mass is 16.5. The molecule has 0 saturated carbocycles. The number of benzene rings is 1. The first-order valence-corrected chi connectivity index (χ1v) is 12.7. The van der Waals surface area contributed by atoms with Crippen LogP contribution in [0.1, 0.15) is 37.0 Å². The number of hydrogen-bond donors (Lipinski definition) is 1. The molecule has 0 amide bonds.